The van der Waals surface area contributed by atoms with Crippen LogP contribution >= 0.6 is 0 Å². The Bertz CT molecular complexity index is 806. The molecular weight excluding hydrogens is 370 g/mol. The third kappa shape index (κ3) is 4.60. The van der Waals surface area contributed by atoms with Crippen molar-refractivity contribution in [3.8, 4) is 11.5 Å². The molecule has 1 fully saturated rings. The van der Waals surface area contributed by atoms with Gasteiger partial charge in [-0.25, -0.2) is 0 Å². The lowest BCUT2D eigenvalue weighted by molar-refractivity contribution is -0.269. The van der Waals surface area contributed by atoms with Crippen LogP contribution in [0.25, 0.3) is 0 Å². The Balaban J connectivity index is 1.77. The zero-order chi connectivity index (χ0) is 21.6. The standard InChI is InChI=1S/C23H35NO5/c1-14-15(2)20-18(16(3)19(14)28-17(4)25)9-10-23(8,29-20)11-24-22(7)12-26-21(5,6)27-13-22/h24H,9-13H2,1-8H3. The fraction of sp³-hybridized carbons (Fsp3) is 0.696. The molecule has 1 aromatic rings. The Morgan fingerprint density at radius 2 is 1.66 bits per heavy atom. The maximum absolute atomic E-state index is 11.5. The van der Waals surface area contributed by atoms with Crippen molar-refractivity contribution in [2.75, 3.05) is 19.8 Å². The number of benzene rings is 1. The highest BCUT2D eigenvalue weighted by Crippen LogP contribution is 2.43. The molecule has 0 spiro atoms. The van der Waals surface area contributed by atoms with Gasteiger partial charge >= 0.3 is 5.97 Å². The van der Waals surface area contributed by atoms with Crippen LogP contribution in [0.1, 0.15) is 63.3 Å². The van der Waals surface area contributed by atoms with E-state index >= 15 is 0 Å². The van der Waals surface area contributed by atoms with Crippen LogP contribution in [-0.4, -0.2) is 42.7 Å². The lowest BCUT2D eigenvalue weighted by Gasteiger charge is -2.45. The number of hydrogen-bond donors (Lipinski definition) is 1. The molecule has 0 amide bonds. The Morgan fingerprint density at radius 1 is 1.03 bits per heavy atom. The lowest BCUT2D eigenvalue weighted by atomic mass is 9.86. The highest BCUT2D eigenvalue weighted by molar-refractivity contribution is 5.72. The summed E-state index contributed by atoms with van der Waals surface area (Å²) >= 11 is 0. The molecule has 1 N–H and O–H groups in total. The van der Waals surface area contributed by atoms with Gasteiger partial charge in [-0.15, -0.1) is 0 Å². The molecule has 2 heterocycles. The fourth-order valence-corrected chi connectivity index (χ4v) is 3.95. The molecule has 29 heavy (non-hydrogen) atoms. The van der Waals surface area contributed by atoms with Crippen LogP contribution in [0.3, 0.4) is 0 Å². The zero-order valence-electron chi connectivity index (χ0n) is 19.1. The zero-order valence-corrected chi connectivity index (χ0v) is 19.1. The first-order valence-corrected chi connectivity index (χ1v) is 10.4. The van der Waals surface area contributed by atoms with Crippen molar-refractivity contribution < 1.29 is 23.7 Å². The van der Waals surface area contributed by atoms with Gasteiger partial charge in [0.1, 0.15) is 17.1 Å². The van der Waals surface area contributed by atoms with Gasteiger partial charge in [0.15, 0.2) is 5.79 Å². The molecule has 2 aliphatic heterocycles. The Hall–Kier alpha value is -1.63. The molecule has 2 aliphatic rings. The van der Waals surface area contributed by atoms with E-state index in [4.69, 9.17) is 18.9 Å². The van der Waals surface area contributed by atoms with Crippen LogP contribution in [-0.2, 0) is 20.7 Å². The number of esters is 1. The summed E-state index contributed by atoms with van der Waals surface area (Å²) in [5, 5.41) is 3.62. The number of nitrogens with one attached hydrogen (secondary N) is 1. The predicted octanol–water partition coefficient (Wildman–Crippen LogP) is 3.75. The molecule has 162 valence electrons. The van der Waals surface area contributed by atoms with Crippen molar-refractivity contribution >= 4 is 5.97 Å². The van der Waals surface area contributed by atoms with E-state index in [1.807, 2.05) is 34.6 Å². The normalized spacial score (nSPS) is 25.1. The van der Waals surface area contributed by atoms with Crippen molar-refractivity contribution in [3.05, 3.63) is 22.3 Å². The average molecular weight is 406 g/mol. The summed E-state index contributed by atoms with van der Waals surface area (Å²) in [4.78, 5) is 11.5. The Kier molecular flexibility index (Phi) is 5.75. The quantitative estimate of drug-likeness (QED) is 0.608. The average Bonchev–Trinajstić information content (AvgIpc) is 2.65. The van der Waals surface area contributed by atoms with Crippen molar-refractivity contribution in [1.29, 1.82) is 0 Å². The van der Waals surface area contributed by atoms with Crippen LogP contribution in [0.15, 0.2) is 0 Å². The van der Waals surface area contributed by atoms with Gasteiger partial charge in [0.05, 0.1) is 18.8 Å². The van der Waals surface area contributed by atoms with E-state index in [2.05, 4.69) is 19.2 Å². The van der Waals surface area contributed by atoms with E-state index < -0.39 is 5.79 Å². The second-order valence-electron chi connectivity index (χ2n) is 9.55. The van der Waals surface area contributed by atoms with Gasteiger partial charge < -0.3 is 24.3 Å². The SMILES string of the molecule is CC(=O)Oc1c(C)c(C)c2c(c1C)CCC(C)(CNC1(C)COC(C)(C)OC1)O2. The van der Waals surface area contributed by atoms with Crippen LogP contribution < -0.4 is 14.8 Å². The van der Waals surface area contributed by atoms with Crippen molar-refractivity contribution in [1.82, 2.24) is 5.32 Å². The molecule has 1 aromatic carbocycles. The summed E-state index contributed by atoms with van der Waals surface area (Å²) in [5.41, 5.74) is 3.54. The maximum atomic E-state index is 11.5. The number of fused-ring (bicyclic) bond motifs is 1. The topological polar surface area (TPSA) is 66.0 Å². The van der Waals surface area contributed by atoms with E-state index in [9.17, 15) is 4.79 Å². The second kappa shape index (κ2) is 7.56. The van der Waals surface area contributed by atoms with Crippen LogP contribution in [0, 0.1) is 20.8 Å². The van der Waals surface area contributed by atoms with E-state index in [1.165, 1.54) is 6.92 Å². The van der Waals surface area contributed by atoms with Crippen LogP contribution in [0.5, 0.6) is 11.5 Å². The van der Waals surface area contributed by atoms with Crippen LogP contribution in [0.4, 0.5) is 0 Å². The third-order valence-corrected chi connectivity index (χ3v) is 6.17. The molecule has 1 atom stereocenters. The first kappa shape index (κ1) is 22.1. The molecule has 3 rings (SSSR count). The number of carbonyl (C=O) groups is 1. The first-order chi connectivity index (χ1) is 13.3. The fourth-order valence-electron chi connectivity index (χ4n) is 3.95. The third-order valence-electron chi connectivity index (χ3n) is 6.17. The van der Waals surface area contributed by atoms with Gasteiger partial charge in [-0.1, -0.05) is 0 Å². The highest BCUT2D eigenvalue weighted by Gasteiger charge is 2.40. The largest absolute Gasteiger partial charge is 0.486 e. The molecule has 6 heteroatoms. The molecule has 6 nitrogen and oxygen atoms in total. The Morgan fingerprint density at radius 3 is 2.24 bits per heavy atom. The van der Waals surface area contributed by atoms with Gasteiger partial charge in [-0.3, -0.25) is 4.79 Å². The van der Waals surface area contributed by atoms with E-state index in [1.54, 1.807) is 0 Å². The summed E-state index contributed by atoms with van der Waals surface area (Å²) in [7, 11) is 0. The summed E-state index contributed by atoms with van der Waals surface area (Å²) in [6.45, 7) is 17.5. The summed E-state index contributed by atoms with van der Waals surface area (Å²) in [6, 6.07) is 0. The minimum absolute atomic E-state index is 0.248. The summed E-state index contributed by atoms with van der Waals surface area (Å²) in [5.74, 6) is 0.770. The molecular formula is C23H35NO5. The molecule has 0 saturated carbocycles. The van der Waals surface area contributed by atoms with Gasteiger partial charge in [0.25, 0.3) is 0 Å². The van der Waals surface area contributed by atoms with Gasteiger partial charge in [-0.2, -0.15) is 0 Å². The smallest absolute Gasteiger partial charge is 0.308 e. The molecule has 0 aliphatic carbocycles. The molecule has 0 bridgehead atoms. The van der Waals surface area contributed by atoms with E-state index in [0.29, 0.717) is 25.5 Å². The first-order valence-electron chi connectivity index (χ1n) is 10.4. The molecule has 0 aromatic heterocycles. The number of hydrogen-bond acceptors (Lipinski definition) is 6. The Labute approximate surface area is 174 Å². The molecule has 1 unspecified atom stereocenters. The van der Waals surface area contributed by atoms with E-state index in [0.717, 1.165) is 40.8 Å². The van der Waals surface area contributed by atoms with Gasteiger partial charge in [0.2, 0.25) is 0 Å². The lowest BCUT2D eigenvalue weighted by Crippen LogP contribution is -2.61. The maximum Gasteiger partial charge on any atom is 0.308 e. The van der Waals surface area contributed by atoms with Gasteiger partial charge in [0, 0.05) is 19.0 Å². The highest BCUT2D eigenvalue weighted by atomic mass is 16.7. The summed E-state index contributed by atoms with van der Waals surface area (Å²) in [6.07, 6.45) is 1.75. The minimum atomic E-state index is -0.531. The minimum Gasteiger partial charge on any atom is -0.486 e. The molecule has 1 saturated heterocycles. The van der Waals surface area contributed by atoms with Crippen molar-refractivity contribution in [3.63, 3.8) is 0 Å². The van der Waals surface area contributed by atoms with Crippen LogP contribution in [0.2, 0.25) is 0 Å². The summed E-state index contributed by atoms with van der Waals surface area (Å²) < 4.78 is 23.7. The monoisotopic (exact) mass is 405 g/mol. The number of ether oxygens (including phenoxy) is 4. The number of rotatable bonds is 4. The number of carbonyl (C=O) groups excluding carboxylic acids is 1. The van der Waals surface area contributed by atoms with Gasteiger partial charge in [-0.05, 0) is 78.0 Å². The predicted molar refractivity (Wildman–Crippen MR) is 112 cm³/mol. The second-order valence-corrected chi connectivity index (χ2v) is 9.55. The molecule has 0 radical (unpaired) electrons. The van der Waals surface area contributed by atoms with E-state index in [-0.39, 0.29) is 17.1 Å². The van der Waals surface area contributed by atoms with Crippen molar-refractivity contribution in [2.45, 2.75) is 85.2 Å². The van der Waals surface area contributed by atoms with Crippen molar-refractivity contribution in [2.24, 2.45) is 0 Å².